The Balaban J connectivity index is 1.08. The SMILES string of the molecule is COc1cc2c(c(OC)c1OC)-c1ccc(NCCCC(=O)NC3CCN(C(=O)c4cc5ccccc5[nH]4)CC3)c(=O)cc1C(NC(C)=O)CC2. The maximum absolute atomic E-state index is 13.6. The number of likely N-dealkylation sites (tertiary alicyclic amines) is 1. The lowest BCUT2D eigenvalue weighted by atomic mass is 9.95. The summed E-state index contributed by atoms with van der Waals surface area (Å²) in [6, 6.07) is 16.4. The third-order valence-electron chi connectivity index (χ3n) is 9.72. The molecule has 0 bridgehead atoms. The number of aromatic amines is 1. The Morgan fingerprint density at radius 2 is 1.67 bits per heavy atom. The van der Waals surface area contributed by atoms with Gasteiger partial charge in [0.25, 0.3) is 5.91 Å². The summed E-state index contributed by atoms with van der Waals surface area (Å²) < 4.78 is 17.1. The summed E-state index contributed by atoms with van der Waals surface area (Å²) in [4.78, 5) is 56.7. The van der Waals surface area contributed by atoms with E-state index in [-0.39, 0.29) is 29.2 Å². The second kappa shape index (κ2) is 15.6. The van der Waals surface area contributed by atoms with Crippen LogP contribution in [0.15, 0.2) is 59.4 Å². The number of para-hydroxylation sites is 1. The molecule has 0 spiro atoms. The number of nitrogens with zero attached hydrogens (tertiary/aromatic N) is 1. The van der Waals surface area contributed by atoms with Crippen LogP contribution in [-0.2, 0) is 16.0 Å². The third kappa shape index (κ3) is 7.64. The monoisotopic (exact) mass is 695 g/mol. The highest BCUT2D eigenvalue weighted by Crippen LogP contribution is 2.50. The van der Waals surface area contributed by atoms with Gasteiger partial charge in [0.2, 0.25) is 23.0 Å². The van der Waals surface area contributed by atoms with Crippen molar-refractivity contribution in [3.05, 3.63) is 81.6 Å². The van der Waals surface area contributed by atoms with Gasteiger partial charge in [-0.2, -0.15) is 0 Å². The second-order valence-electron chi connectivity index (χ2n) is 13.0. The van der Waals surface area contributed by atoms with Crippen LogP contribution in [-0.4, -0.2) is 74.6 Å². The van der Waals surface area contributed by atoms with Crippen molar-refractivity contribution >= 4 is 34.3 Å². The van der Waals surface area contributed by atoms with E-state index in [1.807, 2.05) is 47.4 Å². The molecule has 12 nitrogen and oxygen atoms in total. The van der Waals surface area contributed by atoms with Gasteiger partial charge in [0, 0.05) is 55.5 Å². The van der Waals surface area contributed by atoms with Crippen LogP contribution >= 0.6 is 0 Å². The van der Waals surface area contributed by atoms with Crippen molar-refractivity contribution in [1.29, 1.82) is 0 Å². The molecule has 2 heterocycles. The Bertz CT molecular complexity index is 1970. The Kier molecular flexibility index (Phi) is 10.8. The highest BCUT2D eigenvalue weighted by atomic mass is 16.5. The number of fused-ring (bicyclic) bond motifs is 4. The van der Waals surface area contributed by atoms with E-state index in [1.54, 1.807) is 33.5 Å². The number of hydrogen-bond donors (Lipinski definition) is 4. The first-order valence-electron chi connectivity index (χ1n) is 17.4. The van der Waals surface area contributed by atoms with Gasteiger partial charge in [-0.15, -0.1) is 0 Å². The highest BCUT2D eigenvalue weighted by Gasteiger charge is 2.30. The summed E-state index contributed by atoms with van der Waals surface area (Å²) >= 11 is 0. The summed E-state index contributed by atoms with van der Waals surface area (Å²) in [5.74, 6) is 1.18. The maximum atomic E-state index is 13.6. The lowest BCUT2D eigenvalue weighted by Crippen LogP contribution is -2.46. The highest BCUT2D eigenvalue weighted by molar-refractivity contribution is 5.98. The van der Waals surface area contributed by atoms with E-state index < -0.39 is 6.04 Å². The van der Waals surface area contributed by atoms with Crippen molar-refractivity contribution in [2.45, 2.75) is 57.5 Å². The van der Waals surface area contributed by atoms with E-state index >= 15 is 0 Å². The minimum Gasteiger partial charge on any atom is -0.493 e. The number of aryl methyl sites for hydroxylation is 1. The van der Waals surface area contributed by atoms with Crippen LogP contribution in [0.4, 0.5) is 5.69 Å². The molecule has 51 heavy (non-hydrogen) atoms. The number of methoxy groups -OCH3 is 3. The molecule has 1 atom stereocenters. The van der Waals surface area contributed by atoms with Crippen LogP contribution in [0, 0.1) is 0 Å². The first-order valence-corrected chi connectivity index (χ1v) is 17.4. The van der Waals surface area contributed by atoms with Crippen molar-refractivity contribution in [2.24, 2.45) is 0 Å². The second-order valence-corrected chi connectivity index (χ2v) is 13.0. The zero-order chi connectivity index (χ0) is 36.1. The van der Waals surface area contributed by atoms with E-state index in [4.69, 9.17) is 14.2 Å². The summed E-state index contributed by atoms with van der Waals surface area (Å²) in [6.45, 7) is 3.02. The fraction of sp³-hybridized carbons (Fsp3) is 0.385. The average molecular weight is 696 g/mol. The predicted molar refractivity (Wildman–Crippen MR) is 196 cm³/mol. The molecule has 4 N–H and O–H groups in total. The molecule has 1 saturated heterocycles. The molecular weight excluding hydrogens is 650 g/mol. The molecule has 3 aromatic carbocycles. The van der Waals surface area contributed by atoms with Crippen LogP contribution < -0.4 is 35.6 Å². The first-order chi connectivity index (χ1) is 24.7. The topological polar surface area (TPSA) is 151 Å². The molecule has 6 rings (SSSR count). The van der Waals surface area contributed by atoms with Crippen LogP contribution in [0.3, 0.4) is 0 Å². The first kappa shape index (κ1) is 35.3. The number of carbonyl (C=O) groups is 3. The number of amides is 3. The van der Waals surface area contributed by atoms with E-state index in [9.17, 15) is 19.2 Å². The van der Waals surface area contributed by atoms with Crippen LogP contribution in [0.2, 0.25) is 0 Å². The summed E-state index contributed by atoms with van der Waals surface area (Å²) in [7, 11) is 4.68. The van der Waals surface area contributed by atoms with Gasteiger partial charge in [-0.1, -0.05) is 24.3 Å². The summed E-state index contributed by atoms with van der Waals surface area (Å²) in [5, 5.41) is 10.4. The molecular formula is C39H45N5O7. The zero-order valence-electron chi connectivity index (χ0n) is 29.5. The number of rotatable bonds is 11. The Hall–Kier alpha value is -5.52. The predicted octanol–water partition coefficient (Wildman–Crippen LogP) is 4.96. The average Bonchev–Trinajstić information content (AvgIpc) is 3.43. The molecule has 2 aliphatic rings. The van der Waals surface area contributed by atoms with Gasteiger partial charge in [-0.25, -0.2) is 0 Å². The lowest BCUT2D eigenvalue weighted by molar-refractivity contribution is -0.122. The number of benzene rings is 2. The maximum Gasteiger partial charge on any atom is 0.270 e. The van der Waals surface area contributed by atoms with Gasteiger partial charge in [0.15, 0.2) is 11.5 Å². The lowest BCUT2D eigenvalue weighted by Gasteiger charge is -2.32. The number of H-pyrrole nitrogens is 1. The van der Waals surface area contributed by atoms with Gasteiger partial charge in [0.05, 0.1) is 33.1 Å². The van der Waals surface area contributed by atoms with Gasteiger partial charge >= 0.3 is 0 Å². The van der Waals surface area contributed by atoms with E-state index in [2.05, 4.69) is 20.9 Å². The minimum absolute atomic E-state index is 0.00376. The molecule has 12 heteroatoms. The van der Waals surface area contributed by atoms with E-state index in [0.29, 0.717) is 92.4 Å². The van der Waals surface area contributed by atoms with Crippen molar-refractivity contribution < 1.29 is 28.6 Å². The molecule has 0 radical (unpaired) electrons. The van der Waals surface area contributed by atoms with Crippen molar-refractivity contribution in [1.82, 2.24) is 20.5 Å². The Labute approximate surface area is 296 Å². The molecule has 1 fully saturated rings. The summed E-state index contributed by atoms with van der Waals surface area (Å²) in [6.07, 6.45) is 3.36. The van der Waals surface area contributed by atoms with Crippen LogP contribution in [0.1, 0.15) is 66.7 Å². The number of anilines is 1. The van der Waals surface area contributed by atoms with Gasteiger partial charge in [0.1, 0.15) is 5.69 Å². The smallest absolute Gasteiger partial charge is 0.270 e. The fourth-order valence-electron chi connectivity index (χ4n) is 7.21. The van der Waals surface area contributed by atoms with Crippen molar-refractivity contribution in [2.75, 3.05) is 46.3 Å². The molecule has 268 valence electrons. The normalized spacial score (nSPS) is 15.6. The Morgan fingerprint density at radius 1 is 0.902 bits per heavy atom. The van der Waals surface area contributed by atoms with E-state index in [1.165, 1.54) is 6.92 Å². The number of hydrogen-bond acceptors (Lipinski definition) is 8. The Morgan fingerprint density at radius 3 is 2.37 bits per heavy atom. The molecule has 1 aromatic heterocycles. The molecule has 3 amide bonds. The quantitative estimate of drug-likeness (QED) is 0.161. The molecule has 1 unspecified atom stereocenters. The van der Waals surface area contributed by atoms with Gasteiger partial charge in [-0.05, 0) is 79.1 Å². The number of ether oxygens (including phenoxy) is 3. The molecule has 1 aliphatic carbocycles. The van der Waals surface area contributed by atoms with E-state index in [0.717, 1.165) is 27.6 Å². The molecule has 4 aromatic rings. The standard InChI is InChI=1S/C39H45N5O7/c1-23(45)41-30-13-11-25-21-34(49-2)37(50-3)38(51-4)36(25)27-12-14-31(33(46)22-28(27)30)40-17-7-10-35(47)42-26-15-18-44(19-16-26)39(48)32-20-24-8-5-6-9-29(24)43-32/h5-6,8-9,12,14,20-22,26,30,43H,7,10-11,13,15-19H2,1-4H3,(H,40,46)(H,41,45)(H,42,47). The zero-order valence-corrected chi connectivity index (χ0v) is 29.5. The number of carbonyl (C=O) groups excluding carboxylic acids is 3. The van der Waals surface area contributed by atoms with Crippen LogP contribution in [0.5, 0.6) is 17.2 Å². The third-order valence-corrected chi connectivity index (χ3v) is 9.72. The largest absolute Gasteiger partial charge is 0.493 e. The minimum atomic E-state index is -0.401. The number of nitrogens with one attached hydrogen (secondary N) is 4. The van der Waals surface area contributed by atoms with Crippen molar-refractivity contribution in [3.8, 4) is 28.4 Å². The van der Waals surface area contributed by atoms with Crippen LogP contribution in [0.25, 0.3) is 22.0 Å². The van der Waals surface area contributed by atoms with Crippen molar-refractivity contribution in [3.63, 3.8) is 0 Å². The number of aromatic nitrogens is 1. The fourth-order valence-corrected chi connectivity index (χ4v) is 7.21. The van der Waals surface area contributed by atoms with Gasteiger partial charge in [-0.3, -0.25) is 19.2 Å². The summed E-state index contributed by atoms with van der Waals surface area (Å²) in [5.41, 5.74) is 4.83. The molecule has 0 saturated carbocycles. The van der Waals surface area contributed by atoms with Gasteiger partial charge < -0.3 is 40.0 Å². The molecule has 1 aliphatic heterocycles. The number of piperidine rings is 1.